The van der Waals surface area contributed by atoms with Crippen molar-refractivity contribution in [3.63, 3.8) is 0 Å². The number of rotatable bonds is 4. The van der Waals surface area contributed by atoms with Crippen LogP contribution in [-0.4, -0.2) is 23.5 Å². The molecule has 0 saturated carbocycles. The van der Waals surface area contributed by atoms with Crippen molar-refractivity contribution in [1.82, 2.24) is 0 Å². The van der Waals surface area contributed by atoms with Crippen LogP contribution in [-0.2, 0) is 19.2 Å². The Morgan fingerprint density at radius 2 is 1.15 bits per heavy atom. The molecule has 0 fully saturated rings. The lowest BCUT2D eigenvalue weighted by molar-refractivity contribution is -0.132. The highest BCUT2D eigenvalue weighted by atomic mass is 16.5. The van der Waals surface area contributed by atoms with Crippen molar-refractivity contribution in [2.24, 2.45) is 11.8 Å². The lowest BCUT2D eigenvalue weighted by Crippen LogP contribution is -2.23. The first-order valence-corrected chi connectivity index (χ1v) is 10.7. The summed E-state index contributed by atoms with van der Waals surface area (Å²) >= 11 is 0. The molecule has 0 amide bonds. The van der Waals surface area contributed by atoms with Gasteiger partial charge in [-0.25, -0.2) is 9.59 Å². The Hall–Kier alpha value is -4.58. The van der Waals surface area contributed by atoms with E-state index in [0.29, 0.717) is 0 Å². The van der Waals surface area contributed by atoms with E-state index >= 15 is 0 Å². The molecule has 0 N–H and O–H groups in total. The molecule has 5 rings (SSSR count). The predicted octanol–water partition coefficient (Wildman–Crippen LogP) is 3.85. The molecule has 0 saturated heterocycles. The van der Waals surface area contributed by atoms with Gasteiger partial charge < -0.3 is 9.47 Å². The monoisotopic (exact) mass is 450 g/mol. The lowest BCUT2D eigenvalue weighted by atomic mass is 9.86. The molecule has 0 bridgehead atoms. The minimum absolute atomic E-state index is 0.0637. The highest BCUT2D eigenvalue weighted by Gasteiger charge is 2.28. The van der Waals surface area contributed by atoms with Crippen LogP contribution in [0, 0.1) is 11.8 Å². The number of hydrogen-bond donors (Lipinski definition) is 0. The summed E-state index contributed by atoms with van der Waals surface area (Å²) in [6.45, 7) is 0. The average Bonchev–Trinajstić information content (AvgIpc) is 2.83. The topological polar surface area (TPSA) is 86.7 Å². The summed E-state index contributed by atoms with van der Waals surface area (Å²) in [4.78, 5) is 50.0. The van der Waals surface area contributed by atoms with Crippen molar-refractivity contribution in [1.29, 1.82) is 0 Å². The molecule has 1 aromatic rings. The SMILES string of the molecule is O=C1C=C2C=CC=CC2C=C1C(=O)Oc1cccc(OC(=O)C2=CC3C=CC=CC3=CC2=O)c1. The van der Waals surface area contributed by atoms with Gasteiger partial charge in [-0.2, -0.15) is 0 Å². The Balaban J connectivity index is 1.28. The Morgan fingerprint density at radius 1 is 0.676 bits per heavy atom. The number of carbonyl (C=O) groups is 4. The van der Waals surface area contributed by atoms with Gasteiger partial charge in [0.1, 0.15) is 22.6 Å². The van der Waals surface area contributed by atoms with Crippen molar-refractivity contribution in [3.8, 4) is 11.5 Å². The van der Waals surface area contributed by atoms with Crippen molar-refractivity contribution in [2.75, 3.05) is 0 Å². The molecule has 0 spiro atoms. The zero-order chi connectivity index (χ0) is 23.7. The van der Waals surface area contributed by atoms with Gasteiger partial charge in [0.2, 0.25) is 0 Å². The summed E-state index contributed by atoms with van der Waals surface area (Å²) in [7, 11) is 0. The maximum atomic E-state index is 12.6. The second-order valence-electron chi connectivity index (χ2n) is 7.97. The summed E-state index contributed by atoms with van der Waals surface area (Å²) < 4.78 is 10.7. The molecule has 0 aliphatic heterocycles. The molecule has 166 valence electrons. The number of ketones is 2. The normalized spacial score (nSPS) is 22.1. The lowest BCUT2D eigenvalue weighted by Gasteiger charge is -2.19. The predicted molar refractivity (Wildman–Crippen MR) is 124 cm³/mol. The molecule has 6 nitrogen and oxygen atoms in total. The molecular formula is C28H18O6. The molecule has 2 atom stereocenters. The van der Waals surface area contributed by atoms with Gasteiger partial charge in [-0.05, 0) is 35.4 Å². The maximum Gasteiger partial charge on any atom is 0.347 e. The van der Waals surface area contributed by atoms with Gasteiger partial charge >= 0.3 is 11.9 Å². The molecule has 6 heteroatoms. The van der Waals surface area contributed by atoms with E-state index in [2.05, 4.69) is 0 Å². The zero-order valence-corrected chi connectivity index (χ0v) is 17.8. The zero-order valence-electron chi connectivity index (χ0n) is 17.8. The number of esters is 2. The first-order valence-electron chi connectivity index (χ1n) is 10.7. The molecule has 0 aromatic heterocycles. The number of carbonyl (C=O) groups excluding carboxylic acids is 4. The molecule has 34 heavy (non-hydrogen) atoms. The molecule has 0 heterocycles. The van der Waals surface area contributed by atoms with E-state index in [1.54, 1.807) is 18.2 Å². The van der Waals surface area contributed by atoms with Gasteiger partial charge in [0.15, 0.2) is 11.6 Å². The van der Waals surface area contributed by atoms with Crippen molar-refractivity contribution in [2.45, 2.75) is 0 Å². The van der Waals surface area contributed by atoms with Crippen LogP contribution in [0.1, 0.15) is 0 Å². The van der Waals surface area contributed by atoms with E-state index in [4.69, 9.17) is 9.47 Å². The van der Waals surface area contributed by atoms with E-state index in [1.165, 1.54) is 30.4 Å². The second-order valence-corrected chi connectivity index (χ2v) is 7.97. The number of benzene rings is 1. The van der Waals surface area contributed by atoms with Gasteiger partial charge in [0, 0.05) is 17.9 Å². The fourth-order valence-corrected chi connectivity index (χ4v) is 3.98. The number of allylic oxidation sites excluding steroid dienone is 14. The largest absolute Gasteiger partial charge is 0.423 e. The van der Waals surface area contributed by atoms with Crippen LogP contribution >= 0.6 is 0 Å². The fourth-order valence-electron chi connectivity index (χ4n) is 3.98. The van der Waals surface area contributed by atoms with Crippen LogP contribution in [0.5, 0.6) is 11.5 Å². The summed E-state index contributed by atoms with van der Waals surface area (Å²) in [5.74, 6) is -2.58. The average molecular weight is 450 g/mol. The van der Waals surface area contributed by atoms with E-state index in [1.807, 2.05) is 48.6 Å². The van der Waals surface area contributed by atoms with Crippen LogP contribution in [0.4, 0.5) is 0 Å². The molecule has 0 radical (unpaired) electrons. The highest BCUT2D eigenvalue weighted by molar-refractivity contribution is 6.24. The number of hydrogen-bond acceptors (Lipinski definition) is 6. The fraction of sp³-hybridized carbons (Fsp3) is 0.0714. The summed E-state index contributed by atoms with van der Waals surface area (Å²) in [6, 6.07) is 5.91. The van der Waals surface area contributed by atoms with Crippen LogP contribution in [0.2, 0.25) is 0 Å². The molecule has 4 aliphatic carbocycles. The van der Waals surface area contributed by atoms with Gasteiger partial charge in [-0.3, -0.25) is 9.59 Å². The van der Waals surface area contributed by atoms with Crippen molar-refractivity contribution in [3.05, 3.63) is 119 Å². The van der Waals surface area contributed by atoms with Gasteiger partial charge in [0.25, 0.3) is 0 Å². The third-order valence-electron chi connectivity index (χ3n) is 5.69. The van der Waals surface area contributed by atoms with Crippen LogP contribution in [0.15, 0.2) is 119 Å². The molecule has 4 aliphatic rings. The molecule has 2 unspecified atom stereocenters. The first kappa shape index (κ1) is 21.3. The first-order chi connectivity index (χ1) is 16.5. The minimum Gasteiger partial charge on any atom is -0.423 e. The Labute approximate surface area is 195 Å². The third-order valence-corrected chi connectivity index (χ3v) is 5.69. The Bertz CT molecular complexity index is 1270. The molecular weight excluding hydrogens is 432 g/mol. The molecule has 1 aromatic carbocycles. The summed E-state index contributed by atoms with van der Waals surface area (Å²) in [5, 5.41) is 0. The van der Waals surface area contributed by atoms with Gasteiger partial charge in [-0.1, -0.05) is 66.8 Å². The summed E-state index contributed by atoms with van der Waals surface area (Å²) in [5.41, 5.74) is 1.50. The number of ether oxygens (including phenoxy) is 2. The van der Waals surface area contributed by atoms with Gasteiger partial charge in [0.05, 0.1) is 0 Å². The van der Waals surface area contributed by atoms with Crippen LogP contribution < -0.4 is 9.47 Å². The number of fused-ring (bicyclic) bond motifs is 2. The Kier molecular flexibility index (Phi) is 5.47. The van der Waals surface area contributed by atoms with Crippen LogP contribution in [0.25, 0.3) is 0 Å². The van der Waals surface area contributed by atoms with Crippen molar-refractivity contribution < 1.29 is 28.7 Å². The van der Waals surface area contributed by atoms with Crippen molar-refractivity contribution >= 4 is 23.5 Å². The summed E-state index contributed by atoms with van der Waals surface area (Å²) in [6.07, 6.45) is 20.7. The van der Waals surface area contributed by atoms with Crippen LogP contribution in [0.3, 0.4) is 0 Å². The second kappa shape index (κ2) is 8.75. The van der Waals surface area contributed by atoms with E-state index in [-0.39, 0.29) is 34.5 Å². The van der Waals surface area contributed by atoms with E-state index in [0.717, 1.165) is 11.1 Å². The standard InChI is InChI=1S/C28H18O6/c29-25-14-19-8-3-1-6-17(19)12-23(25)27(31)33-21-10-5-11-22(16-21)34-28(32)24-13-18-7-2-4-9-20(18)15-26(24)30/h1-18H. The third kappa shape index (κ3) is 4.21. The van der Waals surface area contributed by atoms with E-state index < -0.39 is 23.5 Å². The van der Waals surface area contributed by atoms with Gasteiger partial charge in [-0.15, -0.1) is 0 Å². The highest BCUT2D eigenvalue weighted by Crippen LogP contribution is 2.29. The quantitative estimate of drug-likeness (QED) is 0.393. The van der Waals surface area contributed by atoms with E-state index in [9.17, 15) is 19.2 Å². The minimum atomic E-state index is -0.799. The Morgan fingerprint density at radius 3 is 1.62 bits per heavy atom. The maximum absolute atomic E-state index is 12.6. The smallest absolute Gasteiger partial charge is 0.347 e.